The highest BCUT2D eigenvalue weighted by molar-refractivity contribution is 6.31. The molecule has 0 bridgehead atoms. The molecule has 8 nitrogen and oxygen atoms in total. The molecule has 0 aliphatic carbocycles. The molecule has 0 saturated heterocycles. The number of methoxy groups -OCH3 is 2. The van der Waals surface area contributed by atoms with E-state index in [1.165, 1.54) is 25.2 Å². The number of halogens is 1. The fraction of sp³-hybridized carbons (Fsp3) is 0.227. The van der Waals surface area contributed by atoms with Gasteiger partial charge in [-0.2, -0.15) is 0 Å². The standard InChI is InChI=1S/C22H22ClN3O5/c1-13-8-17(19(30-2)11-15(13)23)25-20(27)12-26-18-7-5-4-6-16(18)24-14(9-21(26)28)10-22(29)31-3/h4-9,11,24H,10,12H2,1-3H3,(H,25,27). The number of ether oxygens (including phenoxy) is 2. The lowest BCUT2D eigenvalue weighted by atomic mass is 10.2. The summed E-state index contributed by atoms with van der Waals surface area (Å²) in [6.45, 7) is 1.57. The van der Waals surface area contributed by atoms with Crippen LogP contribution in [0.5, 0.6) is 5.75 Å². The Morgan fingerprint density at radius 3 is 2.65 bits per heavy atom. The van der Waals surface area contributed by atoms with Gasteiger partial charge >= 0.3 is 5.97 Å². The SMILES string of the molecule is COC(=O)CC1=CC(=O)N(CC(=O)Nc2cc(C)c(Cl)cc2OC)c2ccccc2N1. The van der Waals surface area contributed by atoms with Gasteiger partial charge in [-0.25, -0.2) is 0 Å². The molecule has 162 valence electrons. The largest absolute Gasteiger partial charge is 0.495 e. The van der Waals surface area contributed by atoms with E-state index >= 15 is 0 Å². The Bertz CT molecular complexity index is 1070. The second kappa shape index (κ2) is 9.53. The molecule has 0 atom stereocenters. The average Bonchev–Trinajstić information content (AvgIpc) is 2.86. The second-order valence-electron chi connectivity index (χ2n) is 6.84. The Morgan fingerprint density at radius 2 is 1.94 bits per heavy atom. The number of rotatable bonds is 6. The van der Waals surface area contributed by atoms with E-state index in [9.17, 15) is 14.4 Å². The number of esters is 1. The van der Waals surface area contributed by atoms with Crippen molar-refractivity contribution in [3.05, 3.63) is 58.8 Å². The maximum atomic E-state index is 12.9. The number of amides is 2. The number of para-hydroxylation sites is 2. The molecule has 1 heterocycles. The fourth-order valence-electron chi connectivity index (χ4n) is 3.12. The van der Waals surface area contributed by atoms with E-state index in [0.717, 1.165) is 5.56 Å². The van der Waals surface area contributed by atoms with Crippen LogP contribution in [0.3, 0.4) is 0 Å². The van der Waals surface area contributed by atoms with Crippen LogP contribution in [0.15, 0.2) is 48.2 Å². The van der Waals surface area contributed by atoms with E-state index in [4.69, 9.17) is 16.3 Å². The van der Waals surface area contributed by atoms with Gasteiger partial charge in [-0.1, -0.05) is 23.7 Å². The van der Waals surface area contributed by atoms with Crippen molar-refractivity contribution in [1.29, 1.82) is 0 Å². The maximum Gasteiger partial charge on any atom is 0.311 e. The first-order valence-corrected chi connectivity index (χ1v) is 9.79. The van der Waals surface area contributed by atoms with Gasteiger partial charge in [-0.15, -0.1) is 0 Å². The van der Waals surface area contributed by atoms with Crippen molar-refractivity contribution in [3.63, 3.8) is 0 Å². The van der Waals surface area contributed by atoms with Crippen LogP contribution in [0.4, 0.5) is 17.1 Å². The summed E-state index contributed by atoms with van der Waals surface area (Å²) >= 11 is 6.12. The van der Waals surface area contributed by atoms with Crippen molar-refractivity contribution < 1.29 is 23.9 Å². The highest BCUT2D eigenvalue weighted by Gasteiger charge is 2.25. The minimum Gasteiger partial charge on any atom is -0.495 e. The Hall–Kier alpha value is -3.52. The van der Waals surface area contributed by atoms with E-state index in [1.54, 1.807) is 36.4 Å². The van der Waals surface area contributed by atoms with E-state index < -0.39 is 17.8 Å². The van der Waals surface area contributed by atoms with Crippen molar-refractivity contribution >= 4 is 46.4 Å². The number of hydrogen-bond acceptors (Lipinski definition) is 6. The molecule has 2 amide bonds. The highest BCUT2D eigenvalue weighted by atomic mass is 35.5. The van der Waals surface area contributed by atoms with Crippen molar-refractivity contribution in [2.75, 3.05) is 36.3 Å². The third-order valence-corrected chi connectivity index (χ3v) is 5.08. The van der Waals surface area contributed by atoms with Crippen LogP contribution < -0.4 is 20.3 Å². The molecule has 2 aromatic rings. The molecule has 1 aliphatic heterocycles. The number of aryl methyl sites for hydroxylation is 1. The summed E-state index contributed by atoms with van der Waals surface area (Å²) in [5, 5.41) is 6.36. The first kappa shape index (κ1) is 22.2. The van der Waals surface area contributed by atoms with Gasteiger partial charge in [0.15, 0.2) is 0 Å². The van der Waals surface area contributed by atoms with Crippen molar-refractivity contribution in [2.24, 2.45) is 0 Å². The number of benzene rings is 2. The van der Waals surface area contributed by atoms with Crippen LogP contribution >= 0.6 is 11.6 Å². The van der Waals surface area contributed by atoms with Gasteiger partial charge in [0.1, 0.15) is 12.3 Å². The van der Waals surface area contributed by atoms with Gasteiger partial charge < -0.3 is 20.1 Å². The van der Waals surface area contributed by atoms with Crippen molar-refractivity contribution in [1.82, 2.24) is 0 Å². The summed E-state index contributed by atoms with van der Waals surface area (Å²) in [4.78, 5) is 38.7. The first-order chi connectivity index (χ1) is 14.8. The van der Waals surface area contributed by atoms with Crippen LogP contribution in [0.25, 0.3) is 0 Å². The summed E-state index contributed by atoms with van der Waals surface area (Å²) in [5.41, 5.74) is 2.70. The number of hydrogen-bond donors (Lipinski definition) is 2. The van der Waals surface area contributed by atoms with E-state index in [-0.39, 0.29) is 13.0 Å². The lowest BCUT2D eigenvalue weighted by Crippen LogP contribution is -2.37. The minimum atomic E-state index is -0.486. The predicted molar refractivity (Wildman–Crippen MR) is 119 cm³/mol. The van der Waals surface area contributed by atoms with Gasteiger partial charge in [0.05, 0.1) is 37.7 Å². The Balaban J connectivity index is 1.86. The third-order valence-electron chi connectivity index (χ3n) is 4.67. The molecule has 31 heavy (non-hydrogen) atoms. The topological polar surface area (TPSA) is 97.0 Å². The van der Waals surface area contributed by atoms with Crippen LogP contribution in [0.1, 0.15) is 12.0 Å². The smallest absolute Gasteiger partial charge is 0.311 e. The molecule has 1 aliphatic rings. The van der Waals surface area contributed by atoms with Crippen LogP contribution in [-0.4, -0.2) is 38.5 Å². The summed E-state index contributed by atoms with van der Waals surface area (Å²) in [5.74, 6) is -0.937. The molecule has 0 aromatic heterocycles. The monoisotopic (exact) mass is 443 g/mol. The van der Waals surface area contributed by atoms with Gasteiger partial charge in [0.2, 0.25) is 5.91 Å². The van der Waals surface area contributed by atoms with Crippen LogP contribution in [0, 0.1) is 6.92 Å². The molecule has 0 fully saturated rings. The zero-order valence-electron chi connectivity index (χ0n) is 17.3. The minimum absolute atomic E-state index is 0.0993. The van der Waals surface area contributed by atoms with Gasteiger partial charge in [-0.3, -0.25) is 19.3 Å². The fourth-order valence-corrected chi connectivity index (χ4v) is 3.27. The summed E-state index contributed by atoms with van der Waals surface area (Å²) in [6, 6.07) is 10.3. The van der Waals surface area contributed by atoms with Crippen molar-refractivity contribution in [3.8, 4) is 5.75 Å². The summed E-state index contributed by atoms with van der Waals surface area (Å²) < 4.78 is 9.97. The Kier molecular flexibility index (Phi) is 6.81. The molecule has 0 unspecified atom stereocenters. The zero-order chi connectivity index (χ0) is 22.5. The van der Waals surface area contributed by atoms with E-state index in [2.05, 4.69) is 15.4 Å². The van der Waals surface area contributed by atoms with E-state index in [0.29, 0.717) is 33.5 Å². The number of nitrogens with zero attached hydrogens (tertiary/aromatic N) is 1. The predicted octanol–water partition coefficient (Wildman–Crippen LogP) is 3.50. The lowest BCUT2D eigenvalue weighted by molar-refractivity contribution is -0.139. The van der Waals surface area contributed by atoms with E-state index in [1.807, 2.05) is 6.92 Å². The Labute approximate surface area is 184 Å². The van der Waals surface area contributed by atoms with Crippen LogP contribution in [0.2, 0.25) is 5.02 Å². The molecular formula is C22H22ClN3O5. The Morgan fingerprint density at radius 1 is 1.19 bits per heavy atom. The van der Waals surface area contributed by atoms with Gasteiger partial charge in [0, 0.05) is 22.9 Å². The lowest BCUT2D eigenvalue weighted by Gasteiger charge is -2.22. The number of anilines is 3. The number of fused-ring (bicyclic) bond motifs is 1. The average molecular weight is 444 g/mol. The first-order valence-electron chi connectivity index (χ1n) is 9.41. The molecule has 2 aromatic carbocycles. The number of nitrogens with one attached hydrogen (secondary N) is 2. The van der Waals surface area contributed by atoms with Crippen LogP contribution in [-0.2, 0) is 19.1 Å². The molecular weight excluding hydrogens is 422 g/mol. The maximum absolute atomic E-state index is 12.9. The number of carbonyl (C=O) groups excluding carboxylic acids is 3. The molecule has 0 spiro atoms. The number of carbonyl (C=O) groups is 3. The van der Waals surface area contributed by atoms with Crippen molar-refractivity contribution in [2.45, 2.75) is 13.3 Å². The highest BCUT2D eigenvalue weighted by Crippen LogP contribution is 2.32. The molecule has 2 N–H and O–H groups in total. The summed E-state index contributed by atoms with van der Waals surface area (Å²) in [7, 11) is 2.75. The van der Waals surface area contributed by atoms with Gasteiger partial charge in [0.25, 0.3) is 5.91 Å². The zero-order valence-corrected chi connectivity index (χ0v) is 18.1. The molecule has 0 saturated carbocycles. The molecule has 3 rings (SSSR count). The molecule has 9 heteroatoms. The third kappa shape index (κ3) is 5.16. The normalized spacial score (nSPS) is 12.8. The quantitative estimate of drug-likeness (QED) is 0.663. The summed E-state index contributed by atoms with van der Waals surface area (Å²) in [6.07, 6.45) is 1.19. The second-order valence-corrected chi connectivity index (χ2v) is 7.25. The molecule has 0 radical (unpaired) electrons. The van der Waals surface area contributed by atoms with Gasteiger partial charge in [-0.05, 0) is 30.7 Å².